The van der Waals surface area contributed by atoms with Gasteiger partial charge in [-0.15, -0.1) is 0 Å². The highest BCUT2D eigenvalue weighted by atomic mass is 32.2. The van der Waals surface area contributed by atoms with E-state index in [1.54, 1.807) is 6.07 Å². The minimum atomic E-state index is -3.32. The zero-order valence-electron chi connectivity index (χ0n) is 13.6. The molecule has 134 valence electrons. The molecule has 1 fully saturated rings. The predicted octanol–water partition coefficient (Wildman–Crippen LogP) is 2.53. The van der Waals surface area contributed by atoms with Crippen LogP contribution in [0.3, 0.4) is 0 Å². The molecule has 0 aliphatic heterocycles. The van der Waals surface area contributed by atoms with Gasteiger partial charge in [0.25, 0.3) is 0 Å². The summed E-state index contributed by atoms with van der Waals surface area (Å²) < 4.78 is 23.9. The van der Waals surface area contributed by atoms with Crippen LogP contribution in [0.25, 0.3) is 10.2 Å². The van der Waals surface area contributed by atoms with Crippen LogP contribution in [0.2, 0.25) is 0 Å². The second kappa shape index (κ2) is 6.72. The highest BCUT2D eigenvalue weighted by molar-refractivity contribution is 7.90. The first-order chi connectivity index (χ1) is 11.8. The highest BCUT2D eigenvalue weighted by Gasteiger charge is 2.36. The average Bonchev–Trinajstić information content (AvgIpc) is 2.95. The van der Waals surface area contributed by atoms with Crippen molar-refractivity contribution in [1.29, 1.82) is 0 Å². The number of anilines is 1. The van der Waals surface area contributed by atoms with E-state index in [0.717, 1.165) is 19.1 Å². The molecule has 3 rings (SSSR count). The highest BCUT2D eigenvalue weighted by Crippen LogP contribution is 2.33. The van der Waals surface area contributed by atoms with Gasteiger partial charge in [0.2, 0.25) is 5.91 Å². The molecule has 2 atom stereocenters. The van der Waals surface area contributed by atoms with E-state index in [0.29, 0.717) is 28.2 Å². The van der Waals surface area contributed by atoms with Crippen LogP contribution in [0.1, 0.15) is 25.7 Å². The first-order valence-electron chi connectivity index (χ1n) is 7.90. The second-order valence-electron chi connectivity index (χ2n) is 6.25. The van der Waals surface area contributed by atoms with Gasteiger partial charge in [0.15, 0.2) is 15.0 Å². The standard InChI is InChI=1S/C16H18N2O5S2/c1-25(22,23)9-6-7-12-13(8-9)24-16(17-12)18-14(19)10-4-2-3-5-11(10)15(20)21/h6-8,10-11H,2-5H2,1H3,(H,20,21)(H,17,18,19)/t10-,11+/m0/s1. The van der Waals surface area contributed by atoms with E-state index < -0.39 is 27.6 Å². The van der Waals surface area contributed by atoms with Crippen LogP contribution in [-0.2, 0) is 19.4 Å². The van der Waals surface area contributed by atoms with Gasteiger partial charge in [-0.3, -0.25) is 9.59 Å². The number of carbonyl (C=O) groups excluding carboxylic acids is 1. The molecule has 1 aliphatic carbocycles. The largest absolute Gasteiger partial charge is 0.481 e. The second-order valence-corrected chi connectivity index (χ2v) is 9.29. The number of carboxylic acids is 1. The number of hydrogen-bond donors (Lipinski definition) is 2. The van der Waals surface area contributed by atoms with Crippen molar-refractivity contribution in [3.63, 3.8) is 0 Å². The van der Waals surface area contributed by atoms with E-state index in [1.165, 1.54) is 23.5 Å². The van der Waals surface area contributed by atoms with Crippen molar-refractivity contribution in [2.75, 3.05) is 11.6 Å². The van der Waals surface area contributed by atoms with Crippen LogP contribution in [-0.4, -0.2) is 36.6 Å². The summed E-state index contributed by atoms with van der Waals surface area (Å²) in [6.07, 6.45) is 3.83. The van der Waals surface area contributed by atoms with E-state index in [2.05, 4.69) is 10.3 Å². The molecular formula is C16H18N2O5S2. The Kier molecular flexibility index (Phi) is 4.79. The lowest BCUT2D eigenvalue weighted by molar-refractivity contribution is -0.147. The maximum Gasteiger partial charge on any atom is 0.307 e. The predicted molar refractivity (Wildman–Crippen MR) is 94.4 cm³/mol. The summed E-state index contributed by atoms with van der Waals surface area (Å²) in [5, 5.41) is 12.3. The van der Waals surface area contributed by atoms with E-state index in [9.17, 15) is 23.1 Å². The maximum atomic E-state index is 12.5. The zero-order valence-corrected chi connectivity index (χ0v) is 15.2. The summed E-state index contributed by atoms with van der Waals surface area (Å²) in [7, 11) is -3.32. The number of amides is 1. The molecule has 0 spiro atoms. The number of carboxylic acid groups (broad SMARTS) is 1. The summed E-state index contributed by atoms with van der Waals surface area (Å²) in [4.78, 5) is 28.3. The lowest BCUT2D eigenvalue weighted by atomic mass is 9.79. The van der Waals surface area contributed by atoms with Gasteiger partial charge >= 0.3 is 5.97 Å². The number of nitrogens with one attached hydrogen (secondary N) is 1. The molecule has 1 saturated carbocycles. The van der Waals surface area contributed by atoms with Gasteiger partial charge in [0, 0.05) is 6.26 Å². The molecule has 1 heterocycles. The van der Waals surface area contributed by atoms with Crippen molar-refractivity contribution < 1.29 is 23.1 Å². The van der Waals surface area contributed by atoms with Gasteiger partial charge in [0.05, 0.1) is 26.9 Å². The third-order valence-electron chi connectivity index (χ3n) is 4.44. The molecule has 1 aliphatic rings. The zero-order chi connectivity index (χ0) is 18.2. The molecular weight excluding hydrogens is 364 g/mol. The van der Waals surface area contributed by atoms with Crippen LogP contribution >= 0.6 is 11.3 Å². The quantitative estimate of drug-likeness (QED) is 0.840. The molecule has 2 N–H and O–H groups in total. The number of benzene rings is 1. The normalized spacial score (nSPS) is 21.2. The molecule has 1 aromatic heterocycles. The van der Waals surface area contributed by atoms with Gasteiger partial charge in [-0.05, 0) is 31.0 Å². The van der Waals surface area contributed by atoms with Gasteiger partial charge in [-0.1, -0.05) is 24.2 Å². The molecule has 0 radical (unpaired) electrons. The van der Waals surface area contributed by atoms with Crippen molar-refractivity contribution in [2.24, 2.45) is 11.8 Å². The minimum absolute atomic E-state index is 0.194. The van der Waals surface area contributed by atoms with Crippen LogP contribution in [0.15, 0.2) is 23.1 Å². The van der Waals surface area contributed by atoms with Crippen LogP contribution in [0.5, 0.6) is 0 Å². The van der Waals surface area contributed by atoms with Crippen molar-refractivity contribution in [3.8, 4) is 0 Å². The van der Waals surface area contributed by atoms with Crippen LogP contribution in [0, 0.1) is 11.8 Å². The Labute approximate surface area is 149 Å². The van der Waals surface area contributed by atoms with Crippen LogP contribution < -0.4 is 5.32 Å². The number of sulfone groups is 1. The molecule has 9 heteroatoms. The van der Waals surface area contributed by atoms with Crippen molar-refractivity contribution >= 4 is 48.4 Å². The Balaban J connectivity index is 1.82. The fourth-order valence-corrected chi connectivity index (χ4v) is 4.76. The number of thiazole rings is 1. The fraction of sp³-hybridized carbons (Fsp3) is 0.438. The molecule has 0 saturated heterocycles. The van der Waals surface area contributed by atoms with E-state index in [1.807, 2.05) is 0 Å². The third-order valence-corrected chi connectivity index (χ3v) is 6.48. The Morgan fingerprint density at radius 2 is 1.92 bits per heavy atom. The summed E-state index contributed by atoms with van der Waals surface area (Å²) in [5.41, 5.74) is 0.589. The summed E-state index contributed by atoms with van der Waals surface area (Å²) in [5.74, 6) is -2.51. The molecule has 1 amide bonds. The first kappa shape index (κ1) is 17.8. The lowest BCUT2D eigenvalue weighted by Gasteiger charge is -2.26. The number of nitrogens with zero attached hydrogens (tertiary/aromatic N) is 1. The van der Waals surface area contributed by atoms with E-state index >= 15 is 0 Å². The third kappa shape index (κ3) is 3.82. The number of carbonyl (C=O) groups is 2. The van der Waals surface area contributed by atoms with Gasteiger partial charge in [-0.25, -0.2) is 13.4 Å². The fourth-order valence-electron chi connectivity index (χ4n) is 3.13. The molecule has 0 bridgehead atoms. The van der Waals surface area contributed by atoms with Crippen molar-refractivity contribution in [1.82, 2.24) is 4.98 Å². The Hall–Kier alpha value is -2.00. The van der Waals surface area contributed by atoms with Crippen LogP contribution in [0.4, 0.5) is 5.13 Å². The van der Waals surface area contributed by atoms with Crippen molar-refractivity contribution in [3.05, 3.63) is 18.2 Å². The minimum Gasteiger partial charge on any atom is -0.481 e. The van der Waals surface area contributed by atoms with E-state index in [4.69, 9.17) is 0 Å². The van der Waals surface area contributed by atoms with Gasteiger partial charge in [0.1, 0.15) is 0 Å². The van der Waals surface area contributed by atoms with Gasteiger partial charge in [-0.2, -0.15) is 0 Å². The summed E-state index contributed by atoms with van der Waals surface area (Å²) in [6, 6.07) is 4.60. The average molecular weight is 382 g/mol. The molecule has 1 aromatic carbocycles. The first-order valence-corrected chi connectivity index (χ1v) is 10.6. The maximum absolute atomic E-state index is 12.5. The smallest absolute Gasteiger partial charge is 0.307 e. The monoisotopic (exact) mass is 382 g/mol. The number of hydrogen-bond acceptors (Lipinski definition) is 6. The Morgan fingerprint density at radius 1 is 1.24 bits per heavy atom. The topological polar surface area (TPSA) is 113 Å². The Bertz CT molecular complexity index is 935. The SMILES string of the molecule is CS(=O)(=O)c1ccc2nc(NC(=O)[C@H]3CCCC[C@H]3C(=O)O)sc2c1. The number of aromatic nitrogens is 1. The molecule has 0 unspecified atom stereocenters. The molecule has 7 nitrogen and oxygen atoms in total. The van der Waals surface area contributed by atoms with Crippen molar-refractivity contribution in [2.45, 2.75) is 30.6 Å². The number of aliphatic carboxylic acids is 1. The molecule has 2 aromatic rings. The molecule has 25 heavy (non-hydrogen) atoms. The number of fused-ring (bicyclic) bond motifs is 1. The van der Waals surface area contributed by atoms with E-state index in [-0.39, 0.29) is 10.8 Å². The summed E-state index contributed by atoms with van der Waals surface area (Å²) in [6.45, 7) is 0. The Morgan fingerprint density at radius 3 is 2.56 bits per heavy atom. The number of rotatable bonds is 4. The summed E-state index contributed by atoms with van der Waals surface area (Å²) >= 11 is 1.17. The lowest BCUT2D eigenvalue weighted by Crippen LogP contribution is -2.36. The van der Waals surface area contributed by atoms with Gasteiger partial charge < -0.3 is 10.4 Å².